The minimum Gasteiger partial charge on any atom is -0.501 e. The first-order chi connectivity index (χ1) is 29.0. The molecule has 307 valence electrons. The molecule has 0 aliphatic heterocycles. The predicted molar refractivity (Wildman–Crippen MR) is 250 cm³/mol. The van der Waals surface area contributed by atoms with Crippen molar-refractivity contribution in [3.05, 3.63) is 143 Å². The van der Waals surface area contributed by atoms with Crippen LogP contribution in [-0.2, 0) is 25.5 Å². The Morgan fingerprint density at radius 3 is 2.08 bits per heavy atom. The molecule has 3 heterocycles. The van der Waals surface area contributed by atoms with Gasteiger partial charge in [0.25, 0.3) is 0 Å². The Balaban J connectivity index is 0.000000265. The van der Waals surface area contributed by atoms with Crippen LogP contribution >= 0.6 is 0 Å². The molecule has 0 atom stereocenters. The summed E-state index contributed by atoms with van der Waals surface area (Å²) >= 11 is -2.03. The summed E-state index contributed by atoms with van der Waals surface area (Å²) in [5, 5.41) is 1.37. The maximum absolute atomic E-state index is 8.44. The van der Waals surface area contributed by atoms with Crippen molar-refractivity contribution in [2.45, 2.75) is 110 Å². The van der Waals surface area contributed by atoms with E-state index in [1.54, 1.807) is 6.07 Å². The van der Waals surface area contributed by atoms with Crippen LogP contribution in [-0.4, -0.2) is 27.8 Å². The summed E-state index contributed by atoms with van der Waals surface area (Å²) in [6.45, 7) is 17.3. The molecule has 0 bridgehead atoms. The Hall–Kier alpha value is -4.29. The molecule has 0 amide bonds. The number of rotatable bonds is 7. The third-order valence-electron chi connectivity index (χ3n) is 11.0. The number of aryl methyl sites for hydroxylation is 1. The fourth-order valence-corrected chi connectivity index (χ4v) is 11.1. The van der Waals surface area contributed by atoms with E-state index in [0.29, 0.717) is 27.9 Å². The Kier molecular flexibility index (Phi) is 11.4. The van der Waals surface area contributed by atoms with Gasteiger partial charge in [-0.1, -0.05) is 109 Å². The van der Waals surface area contributed by atoms with E-state index in [2.05, 4.69) is 112 Å². The molecule has 0 aliphatic rings. The Morgan fingerprint density at radius 1 is 0.814 bits per heavy atom. The molecule has 5 aromatic carbocycles. The predicted octanol–water partition coefficient (Wildman–Crippen LogP) is 14.5. The summed E-state index contributed by atoms with van der Waals surface area (Å²) in [5.74, 6) is 7.63. The minimum absolute atomic E-state index is 0. The normalized spacial score (nSPS) is 13.5. The van der Waals surface area contributed by atoms with Crippen LogP contribution in [0.15, 0.2) is 108 Å². The molecule has 4 nitrogen and oxygen atoms in total. The fraction of sp³-hybridized carbons (Fsp3) is 0.321. The second kappa shape index (κ2) is 17.4. The Labute approximate surface area is 374 Å². The molecule has 1 radical (unpaired) electrons. The van der Waals surface area contributed by atoms with Gasteiger partial charge in [0.05, 0.1) is 22.4 Å². The van der Waals surface area contributed by atoms with Crippen LogP contribution in [0.1, 0.15) is 113 Å². The first-order valence-corrected chi connectivity index (χ1v) is 27.8. The molecule has 8 rings (SSSR count). The Bertz CT molecular complexity index is 2880. The number of fused-ring (bicyclic) bond motifs is 4. The number of furan rings is 1. The van der Waals surface area contributed by atoms with Crippen molar-refractivity contribution in [1.82, 2.24) is 14.5 Å². The van der Waals surface area contributed by atoms with Gasteiger partial charge >= 0.3 is 120 Å². The van der Waals surface area contributed by atoms with Crippen LogP contribution in [0.2, 0.25) is 17.3 Å². The van der Waals surface area contributed by atoms with Crippen LogP contribution in [0.4, 0.5) is 0 Å². The van der Waals surface area contributed by atoms with Crippen LogP contribution in [0.3, 0.4) is 0 Å². The molecule has 6 heteroatoms. The van der Waals surface area contributed by atoms with E-state index < -0.39 is 26.0 Å². The van der Waals surface area contributed by atoms with E-state index in [-0.39, 0.29) is 42.9 Å². The van der Waals surface area contributed by atoms with Crippen LogP contribution in [0, 0.1) is 19.0 Å². The number of nitrogens with zero attached hydrogens (tertiary/aromatic N) is 3. The zero-order valence-corrected chi connectivity index (χ0v) is 41.0. The fourth-order valence-electron chi connectivity index (χ4n) is 7.78. The van der Waals surface area contributed by atoms with E-state index in [9.17, 15) is 0 Å². The number of benzene rings is 5. The first-order valence-electron chi connectivity index (χ1n) is 22.5. The molecule has 0 fully saturated rings. The van der Waals surface area contributed by atoms with Crippen molar-refractivity contribution in [1.29, 1.82) is 0 Å². The topological polar surface area (TPSA) is 43.9 Å². The van der Waals surface area contributed by atoms with Gasteiger partial charge in [0.2, 0.25) is 0 Å². The summed E-state index contributed by atoms with van der Waals surface area (Å²) < 4.78 is 43.3. The quantitative estimate of drug-likeness (QED) is 0.118. The van der Waals surface area contributed by atoms with Crippen molar-refractivity contribution in [3.63, 3.8) is 0 Å². The smallest absolute Gasteiger partial charge is 0.120 e. The van der Waals surface area contributed by atoms with E-state index in [1.807, 2.05) is 86.8 Å². The largest absolute Gasteiger partial charge is 0.501 e. The van der Waals surface area contributed by atoms with Gasteiger partial charge in [-0.05, 0) is 52.1 Å². The molecule has 59 heavy (non-hydrogen) atoms. The summed E-state index contributed by atoms with van der Waals surface area (Å²) in [5.41, 5.74) is 11.8. The molecule has 0 spiro atoms. The molecule has 8 aromatic rings. The summed E-state index contributed by atoms with van der Waals surface area (Å²) in [4.78, 5) is 9.80. The number of pyridine rings is 1. The van der Waals surface area contributed by atoms with Gasteiger partial charge in [0.15, 0.2) is 0 Å². The van der Waals surface area contributed by atoms with E-state index in [4.69, 9.17) is 14.9 Å². The van der Waals surface area contributed by atoms with Crippen molar-refractivity contribution in [2.75, 3.05) is 0 Å². The maximum Gasteiger partial charge on any atom is 0.120 e. The van der Waals surface area contributed by atoms with E-state index in [1.165, 1.54) is 21.1 Å². The van der Waals surface area contributed by atoms with Gasteiger partial charge in [0.1, 0.15) is 5.58 Å². The average Bonchev–Trinajstić information content (AvgIpc) is 3.78. The molecule has 0 saturated heterocycles. The second-order valence-electron chi connectivity index (χ2n) is 18.3. The van der Waals surface area contributed by atoms with Gasteiger partial charge in [-0.3, -0.25) is 4.98 Å². The number of hydrogen-bond acceptors (Lipinski definition) is 3. The summed E-state index contributed by atoms with van der Waals surface area (Å²) in [6.07, 6.45) is 2.00. The van der Waals surface area contributed by atoms with Crippen LogP contribution in [0.25, 0.3) is 61.3 Å². The number of aromatic nitrogens is 3. The second-order valence-corrected chi connectivity index (χ2v) is 28.9. The third kappa shape index (κ3) is 8.81. The molecular formula is C53H59GeIrN3O-2. The Morgan fingerprint density at radius 2 is 1.47 bits per heavy atom. The van der Waals surface area contributed by atoms with E-state index in [0.717, 1.165) is 38.9 Å². The number of para-hydroxylation sites is 3. The van der Waals surface area contributed by atoms with Gasteiger partial charge < -0.3 is 8.98 Å². The summed E-state index contributed by atoms with van der Waals surface area (Å²) in [6, 6.07) is 38.6. The molecule has 0 N–H and O–H groups in total. The molecule has 0 unspecified atom stereocenters. The summed E-state index contributed by atoms with van der Waals surface area (Å²) in [7, 11) is 0. The molecular weight excluding hydrogens is 959 g/mol. The number of hydrogen-bond donors (Lipinski definition) is 0. The van der Waals surface area contributed by atoms with E-state index >= 15 is 0 Å². The first kappa shape index (κ1) is 38.9. The van der Waals surface area contributed by atoms with Crippen LogP contribution in [0.5, 0.6) is 0 Å². The van der Waals surface area contributed by atoms with Gasteiger partial charge in [-0.2, -0.15) is 0 Å². The monoisotopic (exact) mass is 1020 g/mol. The molecule has 3 aromatic heterocycles. The zero-order valence-electron chi connectivity index (χ0n) is 40.6. The van der Waals surface area contributed by atoms with Gasteiger partial charge in [-0.15, -0.1) is 17.7 Å². The minimum atomic E-state index is -2.32. The molecule has 0 aliphatic carbocycles. The SMILES string of the molecule is [2H]C(C)(C)c1cc(-c2[c-]cccc2)nc[c]1[Ge]([CH3])([CH3])[CH3].[2H]C([2H])([2H])c1c[c-]c(-c2nc3ccccc3n2-c2c(C(C)C)cc(C(C)(C)C)cc2C(C)C)c2oc3ccccc3c12.[Ir]. The average molecular weight is 1020 g/mol. The maximum atomic E-state index is 8.44. The standard InChI is InChI=1S/C36H37N2O.C17H22GeN.Ir/c1-21(2)27-19-24(36(6,7)8)20-28(22(3)4)33(27)38-30-15-11-10-14-29(30)37-35(38)26-18-17-23(5)32-25-13-9-12-16-31(25)39-34(26)32;1-13(2)15-11-17(14-9-7-6-8-10-14)19-12-16(15)18(3,4)5;/h9-17,19-22H,1-8H3;6-9,11-13H,1-5H3;/q2*-1;/i5D3;13D;. The van der Waals surface area contributed by atoms with Gasteiger partial charge in [-0.25, -0.2) is 0 Å². The zero-order chi connectivity index (χ0) is 45.1. The number of imidazole rings is 1. The van der Waals surface area contributed by atoms with Crippen molar-refractivity contribution in [2.24, 2.45) is 0 Å². The molecule has 0 saturated carbocycles. The third-order valence-corrected chi connectivity index (χ3v) is 15.2. The van der Waals surface area contributed by atoms with Crippen LogP contribution < -0.4 is 4.40 Å². The van der Waals surface area contributed by atoms with Crippen molar-refractivity contribution < 1.29 is 30.0 Å². The van der Waals surface area contributed by atoms with Gasteiger partial charge in [0, 0.05) is 35.3 Å². The van der Waals surface area contributed by atoms with Crippen molar-refractivity contribution in [3.8, 4) is 28.3 Å². The van der Waals surface area contributed by atoms with Crippen molar-refractivity contribution >= 4 is 50.6 Å².